The normalized spacial score (nSPS) is 12.5. The van der Waals surface area contributed by atoms with E-state index in [1.165, 1.54) is 12.1 Å². The van der Waals surface area contributed by atoms with Crippen LogP contribution in [0.2, 0.25) is 5.02 Å². The lowest BCUT2D eigenvalue weighted by atomic mass is 10.1. The molecule has 0 aromatic heterocycles. The van der Waals surface area contributed by atoms with Crippen LogP contribution in [0.1, 0.15) is 18.1 Å². The molecule has 0 aliphatic rings. The van der Waals surface area contributed by atoms with Crippen molar-refractivity contribution in [1.29, 1.82) is 0 Å². The zero-order chi connectivity index (χ0) is 17.7. The molecule has 2 aromatic rings. The van der Waals surface area contributed by atoms with E-state index in [0.717, 1.165) is 12.1 Å². The summed E-state index contributed by atoms with van der Waals surface area (Å²) in [4.78, 5) is 12.0. The van der Waals surface area contributed by atoms with Gasteiger partial charge in [0, 0.05) is 11.6 Å². The molecule has 1 N–H and O–H groups in total. The highest BCUT2D eigenvalue weighted by atomic mass is 35.5. The van der Waals surface area contributed by atoms with Crippen molar-refractivity contribution in [2.24, 2.45) is 0 Å². The summed E-state index contributed by atoms with van der Waals surface area (Å²) >= 11 is 5.76. The van der Waals surface area contributed by atoms with E-state index >= 15 is 0 Å². The molecule has 1 amide bonds. The van der Waals surface area contributed by atoms with Crippen molar-refractivity contribution in [2.75, 3.05) is 0 Å². The van der Waals surface area contributed by atoms with Gasteiger partial charge in [0.2, 0.25) is 0 Å². The van der Waals surface area contributed by atoms with E-state index in [9.17, 15) is 18.0 Å². The highest BCUT2D eigenvalue weighted by molar-refractivity contribution is 6.30. The lowest BCUT2D eigenvalue weighted by Crippen LogP contribution is -2.35. The van der Waals surface area contributed by atoms with E-state index < -0.39 is 23.8 Å². The minimum Gasteiger partial charge on any atom is -0.481 e. The first-order valence-corrected chi connectivity index (χ1v) is 7.49. The van der Waals surface area contributed by atoms with Gasteiger partial charge in [-0.25, -0.2) is 0 Å². The van der Waals surface area contributed by atoms with Crippen LogP contribution in [0.15, 0.2) is 48.5 Å². The van der Waals surface area contributed by atoms with Gasteiger partial charge in [0.05, 0.1) is 5.56 Å². The number of amides is 1. The van der Waals surface area contributed by atoms with Gasteiger partial charge in [-0.1, -0.05) is 23.7 Å². The van der Waals surface area contributed by atoms with Crippen molar-refractivity contribution in [2.45, 2.75) is 25.7 Å². The standard InChI is InChI=1S/C17H15ClF3NO2/c1-11(24-15-7-5-14(18)6-8-15)16(23)22-10-12-3-2-4-13(9-12)17(19,20)21/h2-9,11H,10H2,1H3,(H,22,23)/t11-/m1/s1. The molecule has 0 aliphatic heterocycles. The van der Waals surface area contributed by atoms with Crippen molar-refractivity contribution in [3.63, 3.8) is 0 Å². The molecule has 0 fully saturated rings. The number of hydrogen-bond donors (Lipinski definition) is 1. The molecule has 0 unspecified atom stereocenters. The highest BCUT2D eigenvalue weighted by Crippen LogP contribution is 2.29. The van der Waals surface area contributed by atoms with Crippen LogP contribution in [0.25, 0.3) is 0 Å². The monoisotopic (exact) mass is 357 g/mol. The maximum absolute atomic E-state index is 12.6. The SMILES string of the molecule is C[C@@H](Oc1ccc(Cl)cc1)C(=O)NCc1cccc(C(F)(F)F)c1. The molecular formula is C17H15ClF3NO2. The Bertz CT molecular complexity index is 702. The number of carbonyl (C=O) groups is 1. The van der Waals surface area contributed by atoms with Gasteiger partial charge in [0.15, 0.2) is 6.10 Å². The average molecular weight is 358 g/mol. The van der Waals surface area contributed by atoms with Crippen LogP contribution in [0, 0.1) is 0 Å². The Morgan fingerprint density at radius 1 is 1.21 bits per heavy atom. The largest absolute Gasteiger partial charge is 0.481 e. The number of ether oxygens (including phenoxy) is 1. The first-order valence-electron chi connectivity index (χ1n) is 7.12. The van der Waals surface area contributed by atoms with Crippen LogP contribution in [0.3, 0.4) is 0 Å². The van der Waals surface area contributed by atoms with Gasteiger partial charge in [0.1, 0.15) is 5.75 Å². The summed E-state index contributed by atoms with van der Waals surface area (Å²) in [6.45, 7) is 1.53. The van der Waals surface area contributed by atoms with Crippen molar-refractivity contribution in [3.05, 3.63) is 64.7 Å². The van der Waals surface area contributed by atoms with Crippen LogP contribution in [-0.2, 0) is 17.5 Å². The third-order valence-corrected chi connectivity index (χ3v) is 3.47. The fourth-order valence-electron chi connectivity index (χ4n) is 1.96. The summed E-state index contributed by atoms with van der Waals surface area (Å²) in [6, 6.07) is 11.3. The number of halogens is 4. The third kappa shape index (κ3) is 5.16. The van der Waals surface area contributed by atoms with Gasteiger partial charge in [0.25, 0.3) is 5.91 Å². The molecule has 0 radical (unpaired) electrons. The summed E-state index contributed by atoms with van der Waals surface area (Å²) in [5, 5.41) is 3.10. The molecule has 2 rings (SSSR count). The van der Waals surface area contributed by atoms with E-state index in [4.69, 9.17) is 16.3 Å². The lowest BCUT2D eigenvalue weighted by Gasteiger charge is -2.15. The molecule has 0 saturated heterocycles. The molecular weight excluding hydrogens is 343 g/mol. The van der Waals surface area contributed by atoms with Gasteiger partial charge in [-0.2, -0.15) is 13.2 Å². The maximum atomic E-state index is 12.6. The molecule has 1 atom stereocenters. The molecule has 24 heavy (non-hydrogen) atoms. The van der Waals surface area contributed by atoms with Crippen LogP contribution in [0.5, 0.6) is 5.75 Å². The number of nitrogens with one attached hydrogen (secondary N) is 1. The van der Waals surface area contributed by atoms with Crippen molar-refractivity contribution < 1.29 is 22.7 Å². The Kier molecular flexibility index (Phi) is 5.72. The number of rotatable bonds is 5. The molecule has 0 heterocycles. The Balaban J connectivity index is 1.91. The molecule has 7 heteroatoms. The van der Waals surface area contributed by atoms with Crippen LogP contribution >= 0.6 is 11.6 Å². The summed E-state index contributed by atoms with van der Waals surface area (Å²) in [5.74, 6) is 0.0449. The molecule has 3 nitrogen and oxygen atoms in total. The van der Waals surface area contributed by atoms with Crippen LogP contribution in [0.4, 0.5) is 13.2 Å². The number of alkyl halides is 3. The summed E-state index contributed by atoms with van der Waals surface area (Å²) in [5.41, 5.74) is -0.392. The lowest BCUT2D eigenvalue weighted by molar-refractivity contribution is -0.137. The van der Waals surface area contributed by atoms with Gasteiger partial charge in [-0.3, -0.25) is 4.79 Å². The Labute approximate surface area is 142 Å². The Morgan fingerprint density at radius 2 is 1.88 bits per heavy atom. The molecule has 2 aromatic carbocycles. The number of hydrogen-bond acceptors (Lipinski definition) is 2. The third-order valence-electron chi connectivity index (χ3n) is 3.22. The minimum absolute atomic E-state index is 0.0168. The predicted molar refractivity (Wildman–Crippen MR) is 84.8 cm³/mol. The summed E-state index contributed by atoms with van der Waals surface area (Å²) in [6.07, 6.45) is -5.21. The Morgan fingerprint density at radius 3 is 2.50 bits per heavy atom. The smallest absolute Gasteiger partial charge is 0.416 e. The highest BCUT2D eigenvalue weighted by Gasteiger charge is 2.30. The van der Waals surface area contributed by atoms with E-state index in [1.54, 1.807) is 31.2 Å². The fraction of sp³-hybridized carbons (Fsp3) is 0.235. The van der Waals surface area contributed by atoms with Crippen molar-refractivity contribution in [3.8, 4) is 5.75 Å². The second-order valence-electron chi connectivity index (χ2n) is 5.13. The van der Waals surface area contributed by atoms with E-state index in [0.29, 0.717) is 16.3 Å². The van der Waals surface area contributed by atoms with Crippen molar-refractivity contribution in [1.82, 2.24) is 5.32 Å². The van der Waals surface area contributed by atoms with E-state index in [2.05, 4.69) is 5.32 Å². The minimum atomic E-state index is -4.41. The second kappa shape index (κ2) is 7.57. The molecule has 0 aliphatic carbocycles. The van der Waals surface area contributed by atoms with E-state index in [-0.39, 0.29) is 6.54 Å². The van der Waals surface area contributed by atoms with Crippen LogP contribution < -0.4 is 10.1 Å². The topological polar surface area (TPSA) is 38.3 Å². The Hall–Kier alpha value is -2.21. The molecule has 0 saturated carbocycles. The number of carbonyl (C=O) groups excluding carboxylic acids is 1. The summed E-state index contributed by atoms with van der Waals surface area (Å²) < 4.78 is 43.4. The maximum Gasteiger partial charge on any atom is 0.416 e. The predicted octanol–water partition coefficient (Wildman–Crippen LogP) is 4.44. The van der Waals surface area contributed by atoms with Gasteiger partial charge < -0.3 is 10.1 Å². The quantitative estimate of drug-likeness (QED) is 0.859. The fourth-order valence-corrected chi connectivity index (χ4v) is 2.09. The first-order chi connectivity index (χ1) is 11.3. The zero-order valence-corrected chi connectivity index (χ0v) is 13.5. The second-order valence-corrected chi connectivity index (χ2v) is 5.57. The number of benzene rings is 2. The molecule has 0 spiro atoms. The van der Waals surface area contributed by atoms with Crippen LogP contribution in [-0.4, -0.2) is 12.0 Å². The zero-order valence-electron chi connectivity index (χ0n) is 12.7. The molecule has 128 valence electrons. The average Bonchev–Trinajstić information content (AvgIpc) is 2.54. The van der Waals surface area contributed by atoms with Crippen molar-refractivity contribution >= 4 is 17.5 Å². The summed E-state index contributed by atoms with van der Waals surface area (Å²) in [7, 11) is 0. The van der Waals surface area contributed by atoms with Gasteiger partial charge >= 0.3 is 6.18 Å². The first kappa shape index (κ1) is 18.1. The van der Waals surface area contributed by atoms with Gasteiger partial charge in [-0.05, 0) is 48.9 Å². The van der Waals surface area contributed by atoms with E-state index in [1.807, 2.05) is 0 Å². The van der Waals surface area contributed by atoms with Gasteiger partial charge in [-0.15, -0.1) is 0 Å². The molecule has 0 bridgehead atoms.